The van der Waals surface area contributed by atoms with Crippen molar-refractivity contribution in [3.63, 3.8) is 0 Å². The maximum absolute atomic E-state index is 13.3. The molecule has 2 aromatic heterocycles. The average molecular weight is 686 g/mol. The fourth-order valence-electron chi connectivity index (χ4n) is 5.46. The highest BCUT2D eigenvalue weighted by molar-refractivity contribution is 8.00. The van der Waals surface area contributed by atoms with Crippen LogP contribution in [0.1, 0.15) is 71.0 Å². The van der Waals surface area contributed by atoms with Crippen LogP contribution in [0.25, 0.3) is 6.08 Å². The quantitative estimate of drug-likeness (QED) is 0.0835. The maximum Gasteiger partial charge on any atom is 0.341 e. The number of anilines is 2. The summed E-state index contributed by atoms with van der Waals surface area (Å²) < 4.78 is 10.7. The molecule has 2 aromatic carbocycles. The number of furan rings is 1. The molecule has 48 heavy (non-hydrogen) atoms. The van der Waals surface area contributed by atoms with Crippen molar-refractivity contribution in [2.75, 3.05) is 23.0 Å². The lowest BCUT2D eigenvalue weighted by Gasteiger charge is -2.33. The summed E-state index contributed by atoms with van der Waals surface area (Å²) in [6.45, 7) is 8.74. The number of carbonyl (C=O) groups excluding carboxylic acids is 4. The molecule has 5 rings (SSSR count). The summed E-state index contributed by atoms with van der Waals surface area (Å²) in [5, 5.41) is 9.02. The van der Waals surface area contributed by atoms with E-state index >= 15 is 0 Å². The molecule has 0 aliphatic heterocycles. The fourth-order valence-corrected chi connectivity index (χ4v) is 7.55. The molecule has 1 atom stereocenters. The lowest BCUT2D eigenvalue weighted by atomic mass is 9.72. The van der Waals surface area contributed by atoms with Crippen molar-refractivity contribution in [1.29, 1.82) is 0 Å². The molecule has 1 aliphatic carbocycles. The number of hydrogen-bond acceptors (Lipinski definition) is 8. The van der Waals surface area contributed by atoms with E-state index in [2.05, 4.69) is 36.7 Å². The molecule has 3 amide bonds. The van der Waals surface area contributed by atoms with Crippen molar-refractivity contribution in [2.24, 2.45) is 11.3 Å². The molecule has 4 aromatic rings. The molecule has 1 unspecified atom stereocenters. The number of carbonyl (C=O) groups is 4. The van der Waals surface area contributed by atoms with E-state index in [1.807, 2.05) is 6.07 Å². The van der Waals surface area contributed by atoms with Gasteiger partial charge in [0.2, 0.25) is 5.91 Å². The van der Waals surface area contributed by atoms with Gasteiger partial charge in [-0.2, -0.15) is 0 Å². The van der Waals surface area contributed by atoms with E-state index in [0.717, 1.165) is 34.6 Å². The van der Waals surface area contributed by atoms with Gasteiger partial charge >= 0.3 is 5.97 Å². The van der Waals surface area contributed by atoms with Crippen molar-refractivity contribution in [3.05, 3.63) is 106 Å². The van der Waals surface area contributed by atoms with E-state index in [4.69, 9.17) is 9.15 Å². The second-order valence-electron chi connectivity index (χ2n) is 12.4. The van der Waals surface area contributed by atoms with Crippen LogP contribution in [0.5, 0.6) is 0 Å². The van der Waals surface area contributed by atoms with Gasteiger partial charge in [-0.1, -0.05) is 45.0 Å². The molecule has 0 spiro atoms. The molecule has 3 N–H and O–H groups in total. The third-order valence-corrected chi connectivity index (χ3v) is 10.2. The van der Waals surface area contributed by atoms with E-state index in [-0.39, 0.29) is 29.4 Å². The highest BCUT2D eigenvalue weighted by Crippen LogP contribution is 2.44. The standard InChI is InChI=1S/C37H39N3O6S2/c1-5-45-36(44)32-28-17-16-24(37(2,3)4)19-30(28)48-35(32)40-31(41)22-47-27-15-9-13-25(20-27)38-34(43)29(21-26-14-10-18-46-26)39-33(42)23-11-7-6-8-12-23/h6-15,18,20-21,24H,5,16-17,19,22H2,1-4H3,(H,38,43)(H,39,42)(H,40,41)/b29-21-. The third-order valence-electron chi connectivity index (χ3n) is 8.04. The monoisotopic (exact) mass is 685 g/mol. The summed E-state index contributed by atoms with van der Waals surface area (Å²) in [4.78, 5) is 54.2. The Morgan fingerprint density at radius 3 is 2.52 bits per heavy atom. The normalized spacial score (nSPS) is 14.5. The van der Waals surface area contributed by atoms with Gasteiger partial charge in [-0.3, -0.25) is 14.4 Å². The number of nitrogens with one attached hydrogen (secondary N) is 3. The van der Waals surface area contributed by atoms with Crippen molar-refractivity contribution in [3.8, 4) is 0 Å². The third kappa shape index (κ3) is 8.84. The summed E-state index contributed by atoms with van der Waals surface area (Å²) in [5.74, 6) is -0.667. The van der Waals surface area contributed by atoms with Gasteiger partial charge in [-0.25, -0.2) is 4.79 Å². The number of amides is 3. The Bertz CT molecular complexity index is 1810. The molecule has 11 heteroatoms. The molecular weight excluding hydrogens is 647 g/mol. The SMILES string of the molecule is CCOC(=O)c1c(NC(=O)CSc2cccc(NC(=O)/C(=C/c3ccco3)NC(=O)c3ccccc3)c2)sc2c1CCC(C(C)(C)C)C2. The van der Waals surface area contributed by atoms with Crippen LogP contribution < -0.4 is 16.0 Å². The molecule has 1 aliphatic rings. The van der Waals surface area contributed by atoms with Gasteiger partial charge < -0.3 is 25.1 Å². The van der Waals surface area contributed by atoms with Crippen LogP contribution in [-0.4, -0.2) is 36.1 Å². The van der Waals surface area contributed by atoms with E-state index in [1.54, 1.807) is 67.6 Å². The molecule has 0 bridgehead atoms. The van der Waals surface area contributed by atoms with E-state index in [9.17, 15) is 19.2 Å². The van der Waals surface area contributed by atoms with Crippen molar-refractivity contribution >= 4 is 63.6 Å². The zero-order chi connectivity index (χ0) is 34.3. The minimum Gasteiger partial charge on any atom is -0.465 e. The smallest absolute Gasteiger partial charge is 0.341 e. The lowest BCUT2D eigenvalue weighted by molar-refractivity contribution is -0.114. The summed E-state index contributed by atoms with van der Waals surface area (Å²) >= 11 is 2.77. The zero-order valence-electron chi connectivity index (χ0n) is 27.4. The van der Waals surface area contributed by atoms with Crippen molar-refractivity contribution < 1.29 is 28.3 Å². The first kappa shape index (κ1) is 34.7. The number of ether oxygens (including phenoxy) is 1. The summed E-state index contributed by atoms with van der Waals surface area (Å²) in [5.41, 5.74) is 2.50. The van der Waals surface area contributed by atoms with Crippen LogP contribution in [-0.2, 0) is 27.2 Å². The van der Waals surface area contributed by atoms with Gasteiger partial charge in [0.05, 0.1) is 24.2 Å². The summed E-state index contributed by atoms with van der Waals surface area (Å²) in [6, 6.07) is 19.0. The molecule has 0 fully saturated rings. The largest absolute Gasteiger partial charge is 0.465 e. The van der Waals surface area contributed by atoms with E-state index < -0.39 is 17.8 Å². The first-order valence-corrected chi connectivity index (χ1v) is 17.6. The molecular formula is C37H39N3O6S2. The number of hydrogen-bond donors (Lipinski definition) is 3. The Labute approximate surface area is 288 Å². The Morgan fingerprint density at radius 1 is 1.02 bits per heavy atom. The lowest BCUT2D eigenvalue weighted by Crippen LogP contribution is -2.30. The van der Waals surface area contributed by atoms with Crippen LogP contribution in [0.15, 0.2) is 88.0 Å². The van der Waals surface area contributed by atoms with Crippen LogP contribution in [0.3, 0.4) is 0 Å². The molecule has 2 heterocycles. The highest BCUT2D eigenvalue weighted by Gasteiger charge is 2.34. The number of thiophene rings is 1. The van der Waals surface area contributed by atoms with Gasteiger partial charge in [-0.15, -0.1) is 23.1 Å². The first-order valence-electron chi connectivity index (χ1n) is 15.8. The Hall–Kier alpha value is -4.61. The van der Waals surface area contributed by atoms with Crippen LogP contribution in [0, 0.1) is 11.3 Å². The van der Waals surface area contributed by atoms with Crippen LogP contribution in [0.2, 0.25) is 0 Å². The molecule has 9 nitrogen and oxygen atoms in total. The zero-order valence-corrected chi connectivity index (χ0v) is 29.0. The van der Waals surface area contributed by atoms with E-state index in [0.29, 0.717) is 33.5 Å². The second-order valence-corrected chi connectivity index (χ2v) is 14.6. The summed E-state index contributed by atoms with van der Waals surface area (Å²) in [7, 11) is 0. The van der Waals surface area contributed by atoms with Crippen molar-refractivity contribution in [2.45, 2.75) is 51.9 Å². The number of benzene rings is 2. The van der Waals surface area contributed by atoms with Gasteiger partial charge in [-0.05, 0) is 85.5 Å². The van der Waals surface area contributed by atoms with Crippen LogP contribution in [0.4, 0.5) is 10.7 Å². The van der Waals surface area contributed by atoms with Gasteiger partial charge in [0.25, 0.3) is 11.8 Å². The minimum atomic E-state index is -0.544. The number of rotatable bonds is 11. The maximum atomic E-state index is 13.3. The van der Waals surface area contributed by atoms with Gasteiger partial charge in [0, 0.05) is 27.1 Å². The molecule has 0 saturated carbocycles. The molecule has 0 saturated heterocycles. The second kappa shape index (κ2) is 15.5. The predicted molar refractivity (Wildman–Crippen MR) is 190 cm³/mol. The van der Waals surface area contributed by atoms with Gasteiger partial charge in [0.15, 0.2) is 0 Å². The number of thioether (sulfide) groups is 1. The minimum absolute atomic E-state index is 0.00102. The number of esters is 1. The molecule has 250 valence electrons. The summed E-state index contributed by atoms with van der Waals surface area (Å²) in [6.07, 6.45) is 5.56. The van der Waals surface area contributed by atoms with Gasteiger partial charge in [0.1, 0.15) is 16.5 Å². The average Bonchev–Trinajstić information content (AvgIpc) is 3.71. The molecule has 0 radical (unpaired) electrons. The first-order chi connectivity index (χ1) is 23.0. The number of fused-ring (bicyclic) bond motifs is 1. The topological polar surface area (TPSA) is 127 Å². The van der Waals surface area contributed by atoms with Crippen LogP contribution >= 0.6 is 23.1 Å². The Kier molecular flexibility index (Phi) is 11.2. The Balaban J connectivity index is 1.25. The van der Waals surface area contributed by atoms with Crippen molar-refractivity contribution in [1.82, 2.24) is 5.32 Å². The van der Waals surface area contributed by atoms with E-state index in [1.165, 1.54) is 35.4 Å². The fraction of sp³-hybridized carbons (Fsp3) is 0.297. The predicted octanol–water partition coefficient (Wildman–Crippen LogP) is 7.81. The Morgan fingerprint density at radius 2 is 1.81 bits per heavy atom. The highest BCUT2D eigenvalue weighted by atomic mass is 32.2.